The van der Waals surface area contributed by atoms with Gasteiger partial charge in [0.15, 0.2) is 0 Å². The topological polar surface area (TPSA) is 58.6 Å². The van der Waals surface area contributed by atoms with Gasteiger partial charge in [0.05, 0.1) is 11.8 Å². The van der Waals surface area contributed by atoms with Crippen LogP contribution in [0.15, 0.2) is 48.5 Å². The predicted molar refractivity (Wildman–Crippen MR) is 108 cm³/mol. The summed E-state index contributed by atoms with van der Waals surface area (Å²) in [6, 6.07) is 15.4. The van der Waals surface area contributed by atoms with Crippen molar-refractivity contribution >= 4 is 17.5 Å². The van der Waals surface area contributed by atoms with Gasteiger partial charge in [-0.3, -0.25) is 9.59 Å². The van der Waals surface area contributed by atoms with Crippen LogP contribution in [0, 0.1) is 6.92 Å². The van der Waals surface area contributed by atoms with Gasteiger partial charge in [0, 0.05) is 26.4 Å². The Labute approximate surface area is 161 Å². The molecular weight excluding hydrogens is 340 g/mol. The molecular formula is C22H28N2O3. The third-order valence-corrected chi connectivity index (χ3v) is 4.07. The largest absolute Gasteiger partial charge is 0.489 e. The molecule has 27 heavy (non-hydrogen) atoms. The van der Waals surface area contributed by atoms with E-state index in [0.717, 1.165) is 5.56 Å². The summed E-state index contributed by atoms with van der Waals surface area (Å²) in [5.74, 6) is 0.445. The number of aryl methyl sites for hydroxylation is 1. The first-order valence-corrected chi connectivity index (χ1v) is 9.21. The van der Waals surface area contributed by atoms with Crippen LogP contribution >= 0.6 is 0 Å². The fourth-order valence-corrected chi connectivity index (χ4v) is 2.64. The number of hydrogen-bond acceptors (Lipinski definition) is 3. The molecule has 5 heteroatoms. The van der Waals surface area contributed by atoms with E-state index < -0.39 is 0 Å². The first-order valence-electron chi connectivity index (χ1n) is 9.21. The van der Waals surface area contributed by atoms with Crippen LogP contribution in [-0.4, -0.2) is 29.4 Å². The van der Waals surface area contributed by atoms with E-state index in [1.165, 1.54) is 12.5 Å². The summed E-state index contributed by atoms with van der Waals surface area (Å²) in [4.78, 5) is 26.0. The second kappa shape index (κ2) is 9.76. The lowest BCUT2D eigenvalue weighted by Crippen LogP contribution is -2.31. The highest BCUT2D eigenvalue weighted by atomic mass is 16.5. The molecule has 2 amide bonds. The zero-order chi connectivity index (χ0) is 19.8. The van der Waals surface area contributed by atoms with Crippen LogP contribution in [0.5, 0.6) is 5.75 Å². The third kappa shape index (κ3) is 6.77. The Hall–Kier alpha value is -2.82. The van der Waals surface area contributed by atoms with Crippen molar-refractivity contribution in [1.29, 1.82) is 0 Å². The normalized spacial score (nSPS) is 10.6. The van der Waals surface area contributed by atoms with Crippen molar-refractivity contribution < 1.29 is 14.3 Å². The fourth-order valence-electron chi connectivity index (χ4n) is 2.64. The molecule has 0 heterocycles. The van der Waals surface area contributed by atoms with E-state index in [-0.39, 0.29) is 24.3 Å². The second-order valence-corrected chi connectivity index (χ2v) is 6.89. The molecule has 1 N–H and O–H groups in total. The van der Waals surface area contributed by atoms with Gasteiger partial charge >= 0.3 is 0 Å². The molecule has 0 fully saturated rings. The van der Waals surface area contributed by atoms with Crippen LogP contribution in [0.2, 0.25) is 0 Å². The van der Waals surface area contributed by atoms with Crippen LogP contribution in [0.1, 0.15) is 38.3 Å². The average Bonchev–Trinajstić information content (AvgIpc) is 2.61. The van der Waals surface area contributed by atoms with Crippen molar-refractivity contribution in [3.05, 3.63) is 59.7 Å². The molecule has 2 rings (SSSR count). The first-order chi connectivity index (χ1) is 12.8. The summed E-state index contributed by atoms with van der Waals surface area (Å²) in [6.07, 6.45) is 0.243. The second-order valence-electron chi connectivity index (χ2n) is 6.89. The lowest BCUT2D eigenvalue weighted by atomic mass is 10.1. The van der Waals surface area contributed by atoms with Crippen LogP contribution in [0.3, 0.4) is 0 Å². The maximum absolute atomic E-state index is 12.4. The molecule has 0 radical (unpaired) electrons. The number of hydrogen-bond donors (Lipinski definition) is 1. The Bertz CT molecular complexity index is 769. The van der Waals surface area contributed by atoms with Gasteiger partial charge < -0.3 is 15.0 Å². The minimum atomic E-state index is -0.148. The van der Waals surface area contributed by atoms with E-state index in [1.807, 2.05) is 69.3 Å². The quantitative estimate of drug-likeness (QED) is 0.761. The first kappa shape index (κ1) is 20.5. The zero-order valence-electron chi connectivity index (χ0n) is 16.5. The van der Waals surface area contributed by atoms with Gasteiger partial charge in [-0.2, -0.15) is 0 Å². The molecule has 0 aliphatic heterocycles. The van der Waals surface area contributed by atoms with E-state index in [0.29, 0.717) is 24.5 Å². The van der Waals surface area contributed by atoms with E-state index >= 15 is 0 Å². The molecule has 0 saturated carbocycles. The lowest BCUT2D eigenvalue weighted by molar-refractivity contribution is -0.129. The summed E-state index contributed by atoms with van der Waals surface area (Å²) in [7, 11) is 0. The standard InChI is InChI=1S/C22H28N2O3/c1-16(2)27-21-8-6-5-7-20(21)23-22(26)13-14-24(18(4)25)15-19-11-9-17(3)10-12-19/h5-12,16H,13-15H2,1-4H3,(H,23,26). The molecule has 0 aliphatic carbocycles. The zero-order valence-corrected chi connectivity index (χ0v) is 16.5. The lowest BCUT2D eigenvalue weighted by Gasteiger charge is -2.21. The summed E-state index contributed by atoms with van der Waals surface area (Å²) in [5, 5.41) is 2.88. The van der Waals surface area contributed by atoms with Crippen molar-refractivity contribution in [2.24, 2.45) is 0 Å². The fraction of sp³-hybridized carbons (Fsp3) is 0.364. The highest BCUT2D eigenvalue weighted by Gasteiger charge is 2.13. The maximum atomic E-state index is 12.4. The summed E-state index contributed by atoms with van der Waals surface area (Å²) >= 11 is 0. The van der Waals surface area contributed by atoms with Gasteiger partial charge in [-0.1, -0.05) is 42.0 Å². The van der Waals surface area contributed by atoms with Gasteiger partial charge in [-0.15, -0.1) is 0 Å². The SMILES string of the molecule is CC(=O)N(CCC(=O)Nc1ccccc1OC(C)C)Cc1ccc(C)cc1. The Morgan fingerprint density at radius 1 is 1.07 bits per heavy atom. The number of benzene rings is 2. The van der Waals surface area contributed by atoms with Crippen molar-refractivity contribution in [3.8, 4) is 5.75 Å². The number of para-hydroxylation sites is 2. The third-order valence-electron chi connectivity index (χ3n) is 4.07. The van der Waals surface area contributed by atoms with Crippen molar-refractivity contribution in [2.75, 3.05) is 11.9 Å². The van der Waals surface area contributed by atoms with Crippen molar-refractivity contribution in [1.82, 2.24) is 4.90 Å². The van der Waals surface area contributed by atoms with E-state index in [9.17, 15) is 9.59 Å². The number of carbonyl (C=O) groups excluding carboxylic acids is 2. The van der Waals surface area contributed by atoms with E-state index in [2.05, 4.69) is 5.32 Å². The van der Waals surface area contributed by atoms with Crippen LogP contribution < -0.4 is 10.1 Å². The molecule has 0 aromatic heterocycles. The van der Waals surface area contributed by atoms with Gasteiger partial charge in [0.1, 0.15) is 5.75 Å². The van der Waals surface area contributed by atoms with Crippen molar-refractivity contribution in [2.45, 2.75) is 46.8 Å². The van der Waals surface area contributed by atoms with E-state index in [4.69, 9.17) is 4.74 Å². The number of anilines is 1. The molecule has 0 atom stereocenters. The van der Waals surface area contributed by atoms with Gasteiger partial charge in [0.2, 0.25) is 11.8 Å². The van der Waals surface area contributed by atoms with Crippen LogP contribution in [0.4, 0.5) is 5.69 Å². The minimum absolute atomic E-state index is 0.0192. The number of rotatable bonds is 8. The highest BCUT2D eigenvalue weighted by molar-refractivity contribution is 5.92. The molecule has 2 aromatic carbocycles. The molecule has 0 bridgehead atoms. The highest BCUT2D eigenvalue weighted by Crippen LogP contribution is 2.25. The smallest absolute Gasteiger partial charge is 0.226 e. The summed E-state index contributed by atoms with van der Waals surface area (Å²) in [5.41, 5.74) is 2.87. The predicted octanol–water partition coefficient (Wildman–Crippen LogP) is 4.16. The molecule has 2 aromatic rings. The average molecular weight is 368 g/mol. The van der Waals surface area contributed by atoms with Gasteiger partial charge in [0.25, 0.3) is 0 Å². The number of ether oxygens (including phenoxy) is 1. The monoisotopic (exact) mass is 368 g/mol. The summed E-state index contributed by atoms with van der Waals surface area (Å²) < 4.78 is 5.72. The molecule has 0 unspecified atom stereocenters. The van der Waals surface area contributed by atoms with Gasteiger partial charge in [-0.25, -0.2) is 0 Å². The number of carbonyl (C=O) groups is 2. The molecule has 0 saturated heterocycles. The van der Waals surface area contributed by atoms with Crippen molar-refractivity contribution in [3.63, 3.8) is 0 Å². The Kier molecular flexibility index (Phi) is 7.41. The number of amides is 2. The number of nitrogens with one attached hydrogen (secondary N) is 1. The maximum Gasteiger partial charge on any atom is 0.226 e. The number of nitrogens with zero attached hydrogens (tertiary/aromatic N) is 1. The Morgan fingerprint density at radius 2 is 1.74 bits per heavy atom. The van der Waals surface area contributed by atoms with Crippen LogP contribution in [-0.2, 0) is 16.1 Å². The molecule has 0 spiro atoms. The molecule has 5 nitrogen and oxygen atoms in total. The Balaban J connectivity index is 1.94. The van der Waals surface area contributed by atoms with Crippen LogP contribution in [0.25, 0.3) is 0 Å². The Morgan fingerprint density at radius 3 is 2.37 bits per heavy atom. The van der Waals surface area contributed by atoms with E-state index in [1.54, 1.807) is 4.90 Å². The summed E-state index contributed by atoms with van der Waals surface area (Å²) in [6.45, 7) is 8.29. The molecule has 144 valence electrons. The van der Waals surface area contributed by atoms with Gasteiger partial charge in [-0.05, 0) is 38.5 Å². The molecule has 0 aliphatic rings. The minimum Gasteiger partial charge on any atom is -0.489 e.